The van der Waals surface area contributed by atoms with Crippen molar-refractivity contribution in [3.05, 3.63) is 0 Å². The molecule has 4 nitrogen and oxygen atoms in total. The minimum absolute atomic E-state index is 0.139. The van der Waals surface area contributed by atoms with Gasteiger partial charge in [0.1, 0.15) is 0 Å². The zero-order valence-electron chi connectivity index (χ0n) is 5.45. The first-order valence-electron chi connectivity index (χ1n) is 3.00. The molecule has 0 saturated heterocycles. The van der Waals surface area contributed by atoms with Gasteiger partial charge in [0.25, 0.3) is 0 Å². The molecule has 0 unspecified atom stereocenters. The Hall–Kier alpha value is -0.680. The highest BCUT2D eigenvalue weighted by molar-refractivity contribution is 7.80. The number of nitrogens with one attached hydrogen (secondary N) is 1. The normalized spacial score (nSPS) is 17.3. The molecule has 0 aromatic rings. The molecule has 0 fully saturated rings. The van der Waals surface area contributed by atoms with Crippen LogP contribution in [0.2, 0.25) is 0 Å². The second-order valence-electron chi connectivity index (χ2n) is 1.92. The topological polar surface area (TPSA) is 47.9 Å². The van der Waals surface area contributed by atoms with E-state index in [0.29, 0.717) is 18.3 Å². The molecule has 5 heteroatoms. The molecule has 2 N–H and O–H groups in total. The fourth-order valence-electron chi connectivity index (χ4n) is 0.655. The van der Waals surface area contributed by atoms with Crippen LogP contribution in [0.5, 0.6) is 0 Å². The van der Waals surface area contributed by atoms with E-state index in [2.05, 4.69) is 10.3 Å². The van der Waals surface area contributed by atoms with Crippen molar-refractivity contribution in [1.82, 2.24) is 10.2 Å². The number of thiocarbonyl (C=S) groups is 1. The molecule has 0 saturated carbocycles. The van der Waals surface area contributed by atoms with Crippen molar-refractivity contribution in [2.24, 2.45) is 4.99 Å². The molecule has 1 rings (SSSR count). The Balaban J connectivity index is 2.37. The number of β-amino-alcohol motifs (C(OH)–C–C–N with tert-alkyl or cyclic N) is 1. The third-order valence-corrected chi connectivity index (χ3v) is 1.41. The Morgan fingerprint density at radius 3 is 3.20 bits per heavy atom. The summed E-state index contributed by atoms with van der Waals surface area (Å²) < 4.78 is 0. The molecule has 0 bridgehead atoms. The van der Waals surface area contributed by atoms with Crippen LogP contribution in [-0.2, 0) is 0 Å². The number of hydrogen-bond donors (Lipinski definition) is 2. The highest BCUT2D eigenvalue weighted by atomic mass is 32.1. The Kier molecular flexibility index (Phi) is 2.58. The molecule has 0 radical (unpaired) electrons. The first kappa shape index (κ1) is 7.43. The summed E-state index contributed by atoms with van der Waals surface area (Å²) in [6.45, 7) is 1.38. The third-order valence-electron chi connectivity index (χ3n) is 1.16. The Morgan fingerprint density at radius 1 is 1.90 bits per heavy atom. The maximum absolute atomic E-state index is 8.52. The van der Waals surface area contributed by atoms with Crippen molar-refractivity contribution in [2.75, 3.05) is 19.8 Å². The molecule has 56 valence electrons. The van der Waals surface area contributed by atoms with Gasteiger partial charge in [0, 0.05) is 6.54 Å². The molecule has 0 aromatic carbocycles. The van der Waals surface area contributed by atoms with Crippen LogP contribution in [0.3, 0.4) is 0 Å². The third kappa shape index (κ3) is 1.93. The van der Waals surface area contributed by atoms with Crippen molar-refractivity contribution in [1.29, 1.82) is 0 Å². The predicted molar refractivity (Wildman–Crippen MR) is 42.9 cm³/mol. The molecular weight excluding hydrogens is 150 g/mol. The molecule has 0 atom stereocenters. The van der Waals surface area contributed by atoms with E-state index in [1.165, 1.54) is 0 Å². The van der Waals surface area contributed by atoms with Crippen LogP contribution in [0.4, 0.5) is 0 Å². The summed E-state index contributed by atoms with van der Waals surface area (Å²) in [5.41, 5.74) is 0. The summed E-state index contributed by atoms with van der Waals surface area (Å²) in [5, 5.41) is 11.9. The zero-order chi connectivity index (χ0) is 7.40. The van der Waals surface area contributed by atoms with Gasteiger partial charge in [0.15, 0.2) is 5.11 Å². The Labute approximate surface area is 64.6 Å². The molecule has 10 heavy (non-hydrogen) atoms. The quantitative estimate of drug-likeness (QED) is 0.515. The number of hydrogen-bond acceptors (Lipinski definition) is 3. The van der Waals surface area contributed by atoms with Gasteiger partial charge in [-0.3, -0.25) is 0 Å². The van der Waals surface area contributed by atoms with Crippen LogP contribution in [0.25, 0.3) is 0 Å². The molecule has 1 aliphatic rings. The maximum Gasteiger partial charge on any atom is 0.195 e. The predicted octanol–water partition coefficient (Wildman–Crippen LogP) is -0.845. The lowest BCUT2D eigenvalue weighted by Gasteiger charge is -2.22. The van der Waals surface area contributed by atoms with Crippen LogP contribution >= 0.6 is 12.2 Å². The van der Waals surface area contributed by atoms with E-state index in [4.69, 9.17) is 17.3 Å². The lowest BCUT2D eigenvalue weighted by molar-refractivity contribution is 0.249. The van der Waals surface area contributed by atoms with E-state index in [1.54, 1.807) is 6.34 Å². The largest absolute Gasteiger partial charge is 0.395 e. The summed E-state index contributed by atoms with van der Waals surface area (Å²) >= 11 is 4.74. The SMILES string of the molecule is OCCN1C=NC(=S)NC1. The first-order chi connectivity index (χ1) is 4.83. The van der Waals surface area contributed by atoms with E-state index in [9.17, 15) is 0 Å². The lowest BCUT2D eigenvalue weighted by Crippen LogP contribution is -2.41. The van der Waals surface area contributed by atoms with Crippen LogP contribution in [0, 0.1) is 0 Å². The second kappa shape index (κ2) is 3.48. The highest BCUT2D eigenvalue weighted by Gasteiger charge is 2.04. The smallest absolute Gasteiger partial charge is 0.195 e. The molecule has 1 heterocycles. The van der Waals surface area contributed by atoms with Gasteiger partial charge >= 0.3 is 0 Å². The summed E-state index contributed by atoms with van der Waals surface area (Å²) in [4.78, 5) is 5.68. The van der Waals surface area contributed by atoms with Crippen LogP contribution in [0.1, 0.15) is 0 Å². The minimum Gasteiger partial charge on any atom is -0.395 e. The van der Waals surface area contributed by atoms with E-state index in [-0.39, 0.29) is 6.61 Å². The van der Waals surface area contributed by atoms with Crippen molar-refractivity contribution in [3.8, 4) is 0 Å². The number of aliphatic hydroxyl groups is 1. The van der Waals surface area contributed by atoms with Gasteiger partial charge in [0.2, 0.25) is 0 Å². The Bertz CT molecular complexity index is 159. The van der Waals surface area contributed by atoms with Crippen molar-refractivity contribution >= 4 is 23.7 Å². The van der Waals surface area contributed by atoms with Crippen LogP contribution < -0.4 is 5.32 Å². The number of aliphatic imine (C=N–C) groups is 1. The summed E-state index contributed by atoms with van der Waals surface area (Å²) in [7, 11) is 0. The van der Waals surface area contributed by atoms with Gasteiger partial charge in [-0.1, -0.05) is 0 Å². The molecule has 1 aliphatic heterocycles. The maximum atomic E-state index is 8.52. The zero-order valence-corrected chi connectivity index (χ0v) is 6.27. The number of nitrogens with zero attached hydrogens (tertiary/aromatic N) is 2. The standard InChI is InChI=1S/C5H9N3OS/c9-2-1-8-3-6-5(10)7-4-8/h3,9H,1-2,4H2,(H,7,10). The fourth-order valence-corrected chi connectivity index (χ4v) is 0.767. The lowest BCUT2D eigenvalue weighted by atomic mass is 10.6. The van der Waals surface area contributed by atoms with E-state index < -0.39 is 0 Å². The minimum atomic E-state index is 0.139. The van der Waals surface area contributed by atoms with Crippen molar-refractivity contribution < 1.29 is 5.11 Å². The highest BCUT2D eigenvalue weighted by Crippen LogP contribution is 1.87. The van der Waals surface area contributed by atoms with Gasteiger partial charge in [0.05, 0.1) is 19.6 Å². The number of aliphatic hydroxyl groups excluding tert-OH is 1. The van der Waals surface area contributed by atoms with E-state index in [1.807, 2.05) is 4.90 Å². The summed E-state index contributed by atoms with van der Waals surface area (Å²) in [6, 6.07) is 0. The van der Waals surface area contributed by atoms with Crippen molar-refractivity contribution in [2.45, 2.75) is 0 Å². The van der Waals surface area contributed by atoms with Gasteiger partial charge in [-0.2, -0.15) is 0 Å². The average Bonchev–Trinajstić information content (AvgIpc) is 1.95. The number of rotatable bonds is 2. The first-order valence-corrected chi connectivity index (χ1v) is 3.40. The van der Waals surface area contributed by atoms with Gasteiger partial charge in [-0.15, -0.1) is 0 Å². The van der Waals surface area contributed by atoms with E-state index >= 15 is 0 Å². The monoisotopic (exact) mass is 159 g/mol. The molecule has 0 amide bonds. The molecule has 0 aromatic heterocycles. The summed E-state index contributed by atoms with van der Waals surface area (Å²) in [6.07, 6.45) is 1.63. The van der Waals surface area contributed by atoms with Crippen molar-refractivity contribution in [3.63, 3.8) is 0 Å². The van der Waals surface area contributed by atoms with Gasteiger partial charge < -0.3 is 15.3 Å². The second-order valence-corrected chi connectivity index (χ2v) is 2.31. The summed E-state index contributed by atoms with van der Waals surface area (Å²) in [5.74, 6) is 0. The van der Waals surface area contributed by atoms with Crippen LogP contribution in [0.15, 0.2) is 4.99 Å². The van der Waals surface area contributed by atoms with Gasteiger partial charge in [-0.05, 0) is 12.2 Å². The Morgan fingerprint density at radius 2 is 2.70 bits per heavy atom. The average molecular weight is 159 g/mol. The van der Waals surface area contributed by atoms with E-state index in [0.717, 1.165) is 0 Å². The van der Waals surface area contributed by atoms with Crippen LogP contribution in [-0.4, -0.2) is 41.3 Å². The fraction of sp³-hybridized carbons (Fsp3) is 0.600. The molecular formula is C5H9N3OS. The molecule has 0 spiro atoms. The molecule has 0 aliphatic carbocycles. The van der Waals surface area contributed by atoms with Gasteiger partial charge in [-0.25, -0.2) is 4.99 Å².